The van der Waals surface area contributed by atoms with Gasteiger partial charge < -0.3 is 4.74 Å². The molecule has 1 aromatic heterocycles. The van der Waals surface area contributed by atoms with Crippen LogP contribution in [0.4, 0.5) is 0 Å². The summed E-state index contributed by atoms with van der Waals surface area (Å²) >= 11 is 0. The number of rotatable bonds is 6. The Morgan fingerprint density at radius 2 is 1.92 bits per heavy atom. The predicted octanol–water partition coefficient (Wildman–Crippen LogP) is 2.94. The van der Waals surface area contributed by atoms with Gasteiger partial charge in [-0.2, -0.15) is 5.26 Å². The molecule has 25 heavy (non-hydrogen) atoms. The van der Waals surface area contributed by atoms with Crippen molar-refractivity contribution in [2.75, 3.05) is 0 Å². The molecule has 0 bridgehead atoms. The van der Waals surface area contributed by atoms with Crippen LogP contribution in [0.2, 0.25) is 0 Å². The molecule has 2 aromatic rings. The summed E-state index contributed by atoms with van der Waals surface area (Å²) in [4.78, 5) is 32.4. The van der Waals surface area contributed by atoms with Crippen LogP contribution >= 0.6 is 0 Å². The van der Waals surface area contributed by atoms with Crippen LogP contribution in [-0.2, 0) is 4.79 Å². The molecular weight excluding hydrogens is 318 g/mol. The number of carbonyl (C=O) groups is 2. The second-order valence-corrected chi connectivity index (χ2v) is 5.79. The number of carbonyl (C=O) groups excluding carboxylic acids is 2. The first-order valence-electron chi connectivity index (χ1n) is 7.85. The quantitative estimate of drug-likeness (QED) is 0.752. The molecule has 1 aromatic carbocycles. The predicted molar refractivity (Wildman–Crippen MR) is 91.4 cm³/mol. The number of aryl methyl sites for hydroxylation is 2. The minimum Gasteiger partial charge on any atom is -0.483 e. The van der Waals surface area contributed by atoms with Crippen LogP contribution in [0.3, 0.4) is 0 Å². The van der Waals surface area contributed by atoms with Gasteiger partial charge >= 0.3 is 0 Å². The van der Waals surface area contributed by atoms with E-state index in [4.69, 9.17) is 4.74 Å². The molecule has 6 nitrogen and oxygen atoms in total. The summed E-state index contributed by atoms with van der Waals surface area (Å²) in [7, 11) is 0. The van der Waals surface area contributed by atoms with Gasteiger partial charge in [-0.1, -0.05) is 12.1 Å². The average Bonchev–Trinajstić information content (AvgIpc) is 2.54. The smallest absolute Gasteiger partial charge is 0.196 e. The number of hydrogen-bond donors (Lipinski definition) is 0. The molecule has 0 unspecified atom stereocenters. The van der Waals surface area contributed by atoms with Crippen LogP contribution in [-0.4, -0.2) is 27.6 Å². The summed E-state index contributed by atoms with van der Waals surface area (Å²) in [6, 6.07) is 10.2. The Bertz CT molecular complexity index is 835. The van der Waals surface area contributed by atoms with E-state index in [1.807, 2.05) is 6.07 Å². The van der Waals surface area contributed by atoms with Crippen molar-refractivity contribution in [3.05, 3.63) is 53.1 Å². The molecular formula is C19H19N3O3. The third-order valence-corrected chi connectivity index (χ3v) is 3.65. The largest absolute Gasteiger partial charge is 0.483 e. The molecule has 6 heteroatoms. The molecule has 0 aliphatic rings. The number of Topliss-reactive ketones (excluding diaryl/α,β-unsaturated/α-hetero) is 2. The normalized spacial score (nSPS) is 12.8. The third-order valence-electron chi connectivity index (χ3n) is 3.65. The molecule has 0 N–H and O–H groups in total. The maximum Gasteiger partial charge on any atom is 0.196 e. The second kappa shape index (κ2) is 7.67. The van der Waals surface area contributed by atoms with E-state index in [1.165, 1.54) is 6.92 Å². The van der Waals surface area contributed by atoms with Crippen molar-refractivity contribution in [1.29, 1.82) is 5.26 Å². The zero-order chi connectivity index (χ0) is 18.6. The van der Waals surface area contributed by atoms with Crippen LogP contribution in [0.15, 0.2) is 30.3 Å². The van der Waals surface area contributed by atoms with Crippen LogP contribution in [0.5, 0.6) is 5.75 Å². The average molecular weight is 337 g/mol. The molecule has 128 valence electrons. The lowest BCUT2D eigenvalue weighted by molar-refractivity contribution is -0.125. The van der Waals surface area contributed by atoms with Gasteiger partial charge in [-0.3, -0.25) is 9.59 Å². The Balaban J connectivity index is 2.21. The minimum absolute atomic E-state index is 0.0914. The maximum absolute atomic E-state index is 12.6. The first-order valence-corrected chi connectivity index (χ1v) is 7.85. The molecule has 0 spiro atoms. The van der Waals surface area contributed by atoms with E-state index in [9.17, 15) is 14.9 Å². The number of nitrogens with zero attached hydrogens (tertiary/aromatic N) is 3. The fourth-order valence-corrected chi connectivity index (χ4v) is 2.45. The van der Waals surface area contributed by atoms with Gasteiger partial charge in [-0.05, 0) is 45.9 Å². The van der Waals surface area contributed by atoms with Gasteiger partial charge in [0.15, 0.2) is 23.6 Å². The number of benzene rings is 1. The number of aromatic nitrogens is 2. The van der Waals surface area contributed by atoms with Crippen molar-refractivity contribution in [2.24, 2.45) is 0 Å². The fraction of sp³-hybridized carbons (Fsp3) is 0.316. The van der Waals surface area contributed by atoms with Gasteiger partial charge in [0.1, 0.15) is 11.6 Å². The zero-order valence-corrected chi connectivity index (χ0v) is 14.6. The highest BCUT2D eigenvalue weighted by atomic mass is 16.5. The highest BCUT2D eigenvalue weighted by molar-refractivity contribution is 5.94. The van der Waals surface area contributed by atoms with Crippen molar-refractivity contribution in [3.8, 4) is 11.8 Å². The van der Waals surface area contributed by atoms with E-state index in [2.05, 4.69) is 9.97 Å². The molecule has 2 atom stereocenters. The summed E-state index contributed by atoms with van der Waals surface area (Å²) in [6.45, 7) is 6.53. The van der Waals surface area contributed by atoms with Crippen LogP contribution in [0, 0.1) is 25.2 Å². The highest BCUT2D eigenvalue weighted by Crippen LogP contribution is 2.21. The molecule has 0 amide bonds. The van der Waals surface area contributed by atoms with E-state index in [1.54, 1.807) is 51.1 Å². The SMILES string of the molecule is CC(=O)c1cccc(O[C@@H](C)C(=O)[C@H](C#N)c2cc(C)nc(C)n2)c1. The molecule has 0 saturated heterocycles. The zero-order valence-electron chi connectivity index (χ0n) is 14.6. The number of ketones is 2. The topological polar surface area (TPSA) is 92.9 Å². The minimum atomic E-state index is -1.04. The van der Waals surface area contributed by atoms with Crippen LogP contribution < -0.4 is 4.74 Å². The van der Waals surface area contributed by atoms with E-state index in [-0.39, 0.29) is 5.78 Å². The van der Waals surface area contributed by atoms with E-state index >= 15 is 0 Å². The molecule has 1 heterocycles. The lowest BCUT2D eigenvalue weighted by Gasteiger charge is -2.17. The van der Waals surface area contributed by atoms with Crippen molar-refractivity contribution in [2.45, 2.75) is 39.7 Å². The van der Waals surface area contributed by atoms with Crippen LogP contribution in [0.25, 0.3) is 0 Å². The van der Waals surface area contributed by atoms with Gasteiger partial charge in [0.2, 0.25) is 0 Å². The molecule has 0 radical (unpaired) electrons. The lowest BCUT2D eigenvalue weighted by Crippen LogP contribution is -2.29. The van der Waals surface area contributed by atoms with Crippen molar-refractivity contribution < 1.29 is 14.3 Å². The maximum atomic E-state index is 12.6. The van der Waals surface area contributed by atoms with Crippen LogP contribution in [0.1, 0.15) is 47.3 Å². The standard InChI is InChI=1S/C19H19N3O3/c1-11-8-18(22-14(4)21-11)17(10-20)19(24)13(3)25-16-7-5-6-15(9-16)12(2)23/h5-9,13,17H,1-4H3/t13-,17+/m0/s1. The molecule has 0 aliphatic heterocycles. The van der Waals surface area contributed by atoms with E-state index < -0.39 is 17.8 Å². The van der Waals surface area contributed by atoms with Gasteiger partial charge in [0.25, 0.3) is 0 Å². The summed E-state index contributed by atoms with van der Waals surface area (Å²) in [6.07, 6.45) is -0.859. The highest BCUT2D eigenvalue weighted by Gasteiger charge is 2.28. The van der Waals surface area contributed by atoms with Gasteiger partial charge in [-0.25, -0.2) is 9.97 Å². The second-order valence-electron chi connectivity index (χ2n) is 5.79. The first-order chi connectivity index (χ1) is 11.8. The molecule has 0 aliphatic carbocycles. The lowest BCUT2D eigenvalue weighted by atomic mass is 9.97. The van der Waals surface area contributed by atoms with Gasteiger partial charge in [0, 0.05) is 11.3 Å². The number of nitriles is 1. The van der Waals surface area contributed by atoms with Crippen molar-refractivity contribution in [3.63, 3.8) is 0 Å². The molecule has 0 fully saturated rings. The first kappa shape index (κ1) is 18.3. The van der Waals surface area contributed by atoms with Crippen molar-refractivity contribution >= 4 is 11.6 Å². The Morgan fingerprint density at radius 1 is 1.20 bits per heavy atom. The Hall–Kier alpha value is -3.07. The summed E-state index contributed by atoms with van der Waals surface area (Å²) in [5.41, 5.74) is 1.56. The van der Waals surface area contributed by atoms with Crippen molar-refractivity contribution in [1.82, 2.24) is 9.97 Å². The summed E-state index contributed by atoms with van der Waals surface area (Å²) in [5.74, 6) is -0.614. The van der Waals surface area contributed by atoms with Gasteiger partial charge in [0.05, 0.1) is 11.8 Å². The van der Waals surface area contributed by atoms with E-state index in [0.29, 0.717) is 28.5 Å². The third kappa shape index (κ3) is 4.48. The summed E-state index contributed by atoms with van der Waals surface area (Å²) in [5, 5.41) is 9.43. The van der Waals surface area contributed by atoms with Gasteiger partial charge in [-0.15, -0.1) is 0 Å². The fourth-order valence-electron chi connectivity index (χ4n) is 2.45. The Morgan fingerprint density at radius 3 is 2.52 bits per heavy atom. The Kier molecular flexibility index (Phi) is 5.60. The number of ether oxygens (including phenoxy) is 1. The number of hydrogen-bond acceptors (Lipinski definition) is 6. The Labute approximate surface area is 146 Å². The summed E-state index contributed by atoms with van der Waals surface area (Å²) < 4.78 is 5.64. The molecule has 0 saturated carbocycles. The molecule has 2 rings (SSSR count). The monoisotopic (exact) mass is 337 g/mol. The van der Waals surface area contributed by atoms with E-state index in [0.717, 1.165) is 0 Å².